The summed E-state index contributed by atoms with van der Waals surface area (Å²) >= 11 is 0. The summed E-state index contributed by atoms with van der Waals surface area (Å²) in [5, 5.41) is 12.6. The van der Waals surface area contributed by atoms with Crippen LogP contribution in [0.2, 0.25) is 0 Å². The largest absolute Gasteiger partial charge is 0.310 e. The fraction of sp³-hybridized carbons (Fsp3) is 0. The SMILES string of the molecule is N#Cn1c2ccc(N(c3ccc(-c4ccccc4)cc3)c3ccc(-c4ccccc4)cc3)cc2c2cc(N(c3ccc(-c4ccccc4)cc3)c3ccc(-c4ccccc4)cc3)ccc21. The van der Waals surface area contributed by atoms with E-state index in [-0.39, 0.29) is 0 Å². The second kappa shape index (κ2) is 17.1. The van der Waals surface area contributed by atoms with Crippen molar-refractivity contribution in [2.45, 2.75) is 0 Å². The van der Waals surface area contributed by atoms with Crippen LogP contribution >= 0.6 is 0 Å². The Labute approximate surface area is 379 Å². The van der Waals surface area contributed by atoms with Crippen molar-refractivity contribution < 1.29 is 0 Å². The van der Waals surface area contributed by atoms with E-state index in [1.54, 1.807) is 4.57 Å². The Morgan fingerprint density at radius 2 is 0.492 bits per heavy atom. The molecule has 0 bridgehead atoms. The number of fused-ring (bicyclic) bond motifs is 3. The first kappa shape index (κ1) is 39.0. The monoisotopic (exact) mass is 830 g/mol. The van der Waals surface area contributed by atoms with Gasteiger partial charge in [-0.3, -0.25) is 0 Å². The number of hydrogen-bond acceptors (Lipinski definition) is 3. The first-order valence-electron chi connectivity index (χ1n) is 21.9. The molecule has 306 valence electrons. The molecule has 0 unspecified atom stereocenters. The third kappa shape index (κ3) is 7.58. The number of nitrogens with zero attached hydrogens (tertiary/aromatic N) is 4. The van der Waals surface area contributed by atoms with Gasteiger partial charge in [-0.25, -0.2) is 4.57 Å². The van der Waals surface area contributed by atoms with Gasteiger partial charge in [0.25, 0.3) is 0 Å². The third-order valence-corrected chi connectivity index (χ3v) is 12.3. The molecule has 0 aliphatic carbocycles. The van der Waals surface area contributed by atoms with Crippen molar-refractivity contribution >= 4 is 55.9 Å². The molecule has 11 aromatic rings. The molecule has 10 aromatic carbocycles. The highest BCUT2D eigenvalue weighted by Gasteiger charge is 2.20. The molecule has 0 N–H and O–H groups in total. The number of anilines is 6. The quantitative estimate of drug-likeness (QED) is 0.138. The van der Waals surface area contributed by atoms with Gasteiger partial charge in [0.05, 0.1) is 11.0 Å². The second-order valence-corrected chi connectivity index (χ2v) is 16.2. The summed E-state index contributed by atoms with van der Waals surface area (Å²) in [5.41, 5.74) is 17.1. The lowest BCUT2D eigenvalue weighted by atomic mass is 10.0. The van der Waals surface area contributed by atoms with Crippen molar-refractivity contribution in [2.75, 3.05) is 9.80 Å². The first-order valence-corrected chi connectivity index (χ1v) is 21.9. The molecule has 65 heavy (non-hydrogen) atoms. The summed E-state index contributed by atoms with van der Waals surface area (Å²) in [7, 11) is 0. The van der Waals surface area contributed by atoms with Crippen LogP contribution in [0.4, 0.5) is 34.1 Å². The Morgan fingerprint density at radius 3 is 0.738 bits per heavy atom. The minimum atomic E-state index is 0.855. The zero-order chi connectivity index (χ0) is 43.5. The van der Waals surface area contributed by atoms with Gasteiger partial charge in [-0.05, 0) is 129 Å². The van der Waals surface area contributed by atoms with Crippen LogP contribution in [-0.2, 0) is 0 Å². The molecule has 0 saturated heterocycles. The molecule has 0 radical (unpaired) electrons. The molecule has 4 nitrogen and oxygen atoms in total. The van der Waals surface area contributed by atoms with E-state index >= 15 is 0 Å². The Hall–Kier alpha value is -8.91. The number of hydrogen-bond donors (Lipinski definition) is 0. The number of nitriles is 1. The molecule has 0 aliphatic heterocycles. The molecule has 1 aromatic heterocycles. The maximum atomic E-state index is 10.7. The predicted octanol–water partition coefficient (Wildman–Crippen LogP) is 16.7. The Bertz CT molecular complexity index is 3040. The maximum absolute atomic E-state index is 10.7. The molecule has 0 spiro atoms. The van der Waals surface area contributed by atoms with Crippen LogP contribution in [0.3, 0.4) is 0 Å². The van der Waals surface area contributed by atoms with Gasteiger partial charge >= 0.3 is 0 Å². The van der Waals surface area contributed by atoms with Gasteiger partial charge in [-0.1, -0.05) is 170 Å². The van der Waals surface area contributed by atoms with E-state index in [2.05, 4.69) is 247 Å². The van der Waals surface area contributed by atoms with Crippen LogP contribution in [-0.4, -0.2) is 4.57 Å². The molecule has 1 heterocycles. The van der Waals surface area contributed by atoms with Gasteiger partial charge in [0.2, 0.25) is 0 Å². The van der Waals surface area contributed by atoms with E-state index in [1.165, 1.54) is 22.3 Å². The van der Waals surface area contributed by atoms with Crippen LogP contribution in [0.5, 0.6) is 0 Å². The topological polar surface area (TPSA) is 35.2 Å². The summed E-state index contributed by atoms with van der Waals surface area (Å²) in [5.74, 6) is 0. The zero-order valence-electron chi connectivity index (χ0n) is 35.5. The molecular weight excluding hydrogens is 789 g/mol. The number of rotatable bonds is 10. The van der Waals surface area contributed by atoms with E-state index in [4.69, 9.17) is 0 Å². The molecule has 0 saturated carbocycles. The highest BCUT2D eigenvalue weighted by molar-refractivity contribution is 6.11. The highest BCUT2D eigenvalue weighted by atomic mass is 15.1. The van der Waals surface area contributed by atoms with Crippen molar-refractivity contribution in [1.29, 1.82) is 5.26 Å². The molecule has 0 fully saturated rings. The lowest BCUT2D eigenvalue weighted by Gasteiger charge is -2.26. The van der Waals surface area contributed by atoms with Crippen molar-refractivity contribution in [2.24, 2.45) is 0 Å². The van der Waals surface area contributed by atoms with Gasteiger partial charge in [0.15, 0.2) is 6.19 Å². The highest BCUT2D eigenvalue weighted by Crippen LogP contribution is 2.43. The Balaban J connectivity index is 1.05. The van der Waals surface area contributed by atoms with Gasteiger partial charge < -0.3 is 9.80 Å². The van der Waals surface area contributed by atoms with Crippen LogP contribution in [0.25, 0.3) is 66.3 Å². The predicted molar refractivity (Wildman–Crippen MR) is 272 cm³/mol. The molecular formula is C61H42N4. The third-order valence-electron chi connectivity index (χ3n) is 12.3. The van der Waals surface area contributed by atoms with Gasteiger partial charge in [-0.15, -0.1) is 0 Å². The normalized spacial score (nSPS) is 11.1. The summed E-state index contributed by atoms with van der Waals surface area (Å²) < 4.78 is 1.75. The van der Waals surface area contributed by atoms with E-state index in [9.17, 15) is 5.26 Å². The van der Waals surface area contributed by atoms with Crippen molar-refractivity contribution in [3.63, 3.8) is 0 Å². The van der Waals surface area contributed by atoms with Crippen molar-refractivity contribution in [1.82, 2.24) is 4.57 Å². The van der Waals surface area contributed by atoms with Crippen LogP contribution in [0.1, 0.15) is 0 Å². The van der Waals surface area contributed by atoms with Crippen LogP contribution in [0.15, 0.2) is 255 Å². The average molecular weight is 831 g/mol. The maximum Gasteiger partial charge on any atom is 0.189 e. The summed E-state index contributed by atoms with van der Waals surface area (Å²) in [4.78, 5) is 4.61. The summed E-state index contributed by atoms with van der Waals surface area (Å²) in [6.07, 6.45) is 2.49. The molecule has 4 heteroatoms. The van der Waals surface area contributed by atoms with E-state index in [0.717, 1.165) is 78.2 Å². The molecule has 0 amide bonds. The van der Waals surface area contributed by atoms with Gasteiger partial charge in [-0.2, -0.15) is 5.26 Å². The Morgan fingerprint density at radius 1 is 0.262 bits per heavy atom. The molecule has 0 aliphatic rings. The van der Waals surface area contributed by atoms with E-state index in [1.807, 2.05) is 24.3 Å². The summed E-state index contributed by atoms with van der Waals surface area (Å²) in [6, 6.07) is 89.9. The lowest BCUT2D eigenvalue weighted by Crippen LogP contribution is -2.10. The molecule has 0 atom stereocenters. The number of benzene rings is 10. The Kier molecular flexibility index (Phi) is 10.3. The van der Waals surface area contributed by atoms with Crippen molar-refractivity contribution in [3.05, 3.63) is 255 Å². The lowest BCUT2D eigenvalue weighted by molar-refractivity contribution is 1.20. The van der Waals surface area contributed by atoms with Gasteiger partial charge in [0, 0.05) is 44.9 Å². The average Bonchev–Trinajstić information content (AvgIpc) is 3.70. The first-order chi connectivity index (χ1) is 32.2. The standard InChI is InChI=1S/C61H42N4/c62-43-63-60-39-37-56(64(52-29-21-48(22-30-52)44-13-5-1-6-14-44)53-31-23-49(24-32-53)45-15-7-2-8-16-45)41-58(60)59-42-57(38-40-61(59)63)65(54-33-25-50(26-34-54)46-17-9-3-10-18-46)55-35-27-51(28-36-55)47-19-11-4-12-20-47/h1-42H. The minimum Gasteiger partial charge on any atom is -0.310 e. The van der Waals surface area contributed by atoms with E-state index in [0.29, 0.717) is 0 Å². The minimum absolute atomic E-state index is 0.855. The zero-order valence-corrected chi connectivity index (χ0v) is 35.5. The number of aromatic nitrogens is 1. The fourth-order valence-corrected chi connectivity index (χ4v) is 9.01. The van der Waals surface area contributed by atoms with Crippen molar-refractivity contribution in [3.8, 4) is 50.7 Å². The van der Waals surface area contributed by atoms with Crippen LogP contribution in [0, 0.1) is 11.5 Å². The summed E-state index contributed by atoms with van der Waals surface area (Å²) in [6.45, 7) is 0. The fourth-order valence-electron chi connectivity index (χ4n) is 9.01. The second-order valence-electron chi connectivity index (χ2n) is 16.2. The molecule has 11 rings (SSSR count). The van der Waals surface area contributed by atoms with Gasteiger partial charge in [0.1, 0.15) is 0 Å². The van der Waals surface area contributed by atoms with Crippen LogP contribution < -0.4 is 9.80 Å². The van der Waals surface area contributed by atoms with E-state index < -0.39 is 0 Å². The smallest absolute Gasteiger partial charge is 0.189 e.